The summed E-state index contributed by atoms with van der Waals surface area (Å²) < 4.78 is 0. The van der Waals surface area contributed by atoms with Crippen molar-refractivity contribution in [3.63, 3.8) is 0 Å². The minimum Gasteiger partial charge on any atom is -0.233 e. The molecular formula is C12H12N2S3. The molecule has 0 radical (unpaired) electrons. The Bertz CT molecular complexity index is 587. The molecule has 0 bridgehead atoms. The first-order chi connectivity index (χ1) is 8.09. The summed E-state index contributed by atoms with van der Waals surface area (Å²) in [7, 11) is 5.51. The van der Waals surface area contributed by atoms with Crippen LogP contribution in [0.4, 0.5) is 0 Å². The third kappa shape index (κ3) is 1.67. The minimum absolute atomic E-state index is 0.904. The molecule has 0 fully saturated rings. The molecule has 0 aliphatic carbocycles. The van der Waals surface area contributed by atoms with Gasteiger partial charge in [-0.05, 0) is 70.2 Å². The second-order valence-corrected chi connectivity index (χ2v) is 8.15. The Morgan fingerprint density at radius 2 is 1.24 bits per heavy atom. The summed E-state index contributed by atoms with van der Waals surface area (Å²) in [5.41, 5.74) is 5.67. The summed E-state index contributed by atoms with van der Waals surface area (Å²) in [6.07, 6.45) is 0. The minimum atomic E-state index is 0.904. The van der Waals surface area contributed by atoms with Gasteiger partial charge >= 0.3 is 0 Å². The quantitative estimate of drug-likeness (QED) is 0.656. The second-order valence-electron chi connectivity index (χ2n) is 4.24. The maximum atomic E-state index is 4.63. The van der Waals surface area contributed by atoms with Crippen LogP contribution in [0.15, 0.2) is 9.79 Å². The van der Waals surface area contributed by atoms with Crippen LogP contribution in [0, 0.1) is 27.7 Å². The van der Waals surface area contributed by atoms with Gasteiger partial charge in [-0.25, -0.2) is 9.97 Å². The second kappa shape index (κ2) is 4.07. The Balaban J connectivity index is 2.54. The van der Waals surface area contributed by atoms with Crippen LogP contribution < -0.4 is 0 Å². The van der Waals surface area contributed by atoms with Crippen molar-refractivity contribution in [3.05, 3.63) is 22.5 Å². The van der Waals surface area contributed by atoms with Gasteiger partial charge in [-0.15, -0.1) is 0 Å². The fourth-order valence-electron chi connectivity index (χ4n) is 1.93. The lowest BCUT2D eigenvalue weighted by Gasteiger charge is -2.20. The van der Waals surface area contributed by atoms with Gasteiger partial charge in [-0.2, -0.15) is 0 Å². The molecule has 0 spiro atoms. The molecule has 0 N–H and O–H groups in total. The summed E-state index contributed by atoms with van der Waals surface area (Å²) in [4.78, 5) is 12.0. The number of aryl methyl sites for hydroxylation is 2. The highest BCUT2D eigenvalue weighted by atomic mass is 33.5. The van der Waals surface area contributed by atoms with Gasteiger partial charge in [0, 0.05) is 26.6 Å². The smallest absolute Gasteiger partial charge is 0.162 e. The molecule has 88 valence electrons. The highest BCUT2D eigenvalue weighted by molar-refractivity contribution is 9.09. The van der Waals surface area contributed by atoms with Crippen LogP contribution in [0.3, 0.4) is 0 Å². The summed E-state index contributed by atoms with van der Waals surface area (Å²) in [5, 5.41) is 1.25. The molecule has 3 heterocycles. The molecule has 2 aromatic heterocycles. The Labute approximate surface area is 112 Å². The van der Waals surface area contributed by atoms with Gasteiger partial charge in [0.05, 0.1) is 0 Å². The predicted octanol–water partition coefficient (Wildman–Crippen LogP) is 4.62. The van der Waals surface area contributed by atoms with E-state index in [1.165, 1.54) is 26.3 Å². The van der Waals surface area contributed by atoms with Crippen molar-refractivity contribution in [1.29, 1.82) is 0 Å². The Morgan fingerprint density at radius 3 is 1.71 bits per heavy atom. The highest BCUT2D eigenvalue weighted by Crippen LogP contribution is 2.56. The topological polar surface area (TPSA) is 25.8 Å². The monoisotopic (exact) mass is 280 g/mol. The SMILES string of the molecule is Cc1nc2nc(C)c(C)c3c2c(c1C)SSS3. The van der Waals surface area contributed by atoms with E-state index in [2.05, 4.69) is 37.7 Å². The lowest BCUT2D eigenvalue weighted by molar-refractivity contribution is 1.06. The van der Waals surface area contributed by atoms with Crippen molar-refractivity contribution in [1.82, 2.24) is 9.97 Å². The zero-order valence-corrected chi connectivity index (χ0v) is 12.6. The van der Waals surface area contributed by atoms with Gasteiger partial charge in [0.15, 0.2) is 5.65 Å². The number of hydrogen-bond acceptors (Lipinski definition) is 5. The first-order valence-electron chi connectivity index (χ1n) is 5.39. The molecule has 0 unspecified atom stereocenters. The fourth-order valence-corrected chi connectivity index (χ4v) is 6.55. The number of pyridine rings is 2. The summed E-state index contributed by atoms with van der Waals surface area (Å²) in [5.74, 6) is 0. The van der Waals surface area contributed by atoms with E-state index in [-0.39, 0.29) is 0 Å². The van der Waals surface area contributed by atoms with Crippen LogP contribution in [0.2, 0.25) is 0 Å². The maximum Gasteiger partial charge on any atom is 0.162 e. The van der Waals surface area contributed by atoms with Gasteiger partial charge in [-0.3, -0.25) is 0 Å². The summed E-state index contributed by atoms with van der Waals surface area (Å²) >= 11 is 0. The van der Waals surface area contributed by atoms with Gasteiger partial charge < -0.3 is 0 Å². The van der Waals surface area contributed by atoms with Crippen LogP contribution in [-0.4, -0.2) is 9.97 Å². The van der Waals surface area contributed by atoms with Crippen molar-refractivity contribution in [3.8, 4) is 0 Å². The van der Waals surface area contributed by atoms with Crippen LogP contribution in [0.5, 0.6) is 0 Å². The van der Waals surface area contributed by atoms with Gasteiger partial charge in [0.1, 0.15) is 0 Å². The number of nitrogens with zero attached hydrogens (tertiary/aromatic N) is 2. The molecule has 2 aromatic rings. The summed E-state index contributed by atoms with van der Waals surface area (Å²) in [6, 6.07) is 0. The number of rotatable bonds is 0. The van der Waals surface area contributed by atoms with Gasteiger partial charge in [0.25, 0.3) is 0 Å². The normalized spacial score (nSPS) is 14.4. The first kappa shape index (κ1) is 11.7. The Morgan fingerprint density at radius 1 is 0.765 bits per heavy atom. The summed E-state index contributed by atoms with van der Waals surface area (Å²) in [6.45, 7) is 8.43. The van der Waals surface area contributed by atoms with E-state index >= 15 is 0 Å². The van der Waals surface area contributed by atoms with E-state index < -0.39 is 0 Å². The first-order valence-corrected chi connectivity index (χ1v) is 8.87. The standard InChI is InChI=1S/C12H12N2S3/c1-5-7(3)13-12-9-10(5)15-17-16-11(9)6(2)8(4)14-12/h1-4H3. The molecule has 0 atom stereocenters. The van der Waals surface area contributed by atoms with Crippen LogP contribution >= 0.6 is 31.4 Å². The van der Waals surface area contributed by atoms with Gasteiger partial charge in [0.2, 0.25) is 0 Å². The van der Waals surface area contributed by atoms with E-state index in [9.17, 15) is 0 Å². The molecule has 1 aliphatic rings. The van der Waals surface area contributed by atoms with Crippen molar-refractivity contribution in [2.75, 3.05) is 0 Å². The van der Waals surface area contributed by atoms with Crippen LogP contribution in [0.25, 0.3) is 11.0 Å². The molecule has 17 heavy (non-hydrogen) atoms. The number of hydrogen-bond donors (Lipinski definition) is 0. The third-order valence-corrected chi connectivity index (χ3v) is 7.35. The largest absolute Gasteiger partial charge is 0.233 e. The lowest BCUT2D eigenvalue weighted by Crippen LogP contribution is -2.01. The van der Waals surface area contributed by atoms with E-state index in [4.69, 9.17) is 0 Å². The third-order valence-electron chi connectivity index (χ3n) is 3.23. The van der Waals surface area contributed by atoms with Gasteiger partial charge in [-0.1, -0.05) is 0 Å². The molecule has 1 aliphatic heterocycles. The molecule has 5 heteroatoms. The lowest BCUT2D eigenvalue weighted by atomic mass is 10.1. The highest BCUT2D eigenvalue weighted by Gasteiger charge is 2.22. The maximum absolute atomic E-state index is 4.63. The predicted molar refractivity (Wildman–Crippen MR) is 77.8 cm³/mol. The molecule has 0 saturated carbocycles. The van der Waals surface area contributed by atoms with Crippen LogP contribution in [-0.2, 0) is 0 Å². The average molecular weight is 280 g/mol. The molecule has 3 rings (SSSR count). The Hall–Kier alpha value is -0.390. The number of aromatic nitrogens is 2. The van der Waals surface area contributed by atoms with Crippen LogP contribution in [0.1, 0.15) is 22.5 Å². The van der Waals surface area contributed by atoms with E-state index in [0.717, 1.165) is 17.0 Å². The van der Waals surface area contributed by atoms with E-state index in [1.54, 1.807) is 0 Å². The average Bonchev–Trinajstić information content (AvgIpc) is 2.32. The van der Waals surface area contributed by atoms with E-state index in [0.29, 0.717) is 0 Å². The van der Waals surface area contributed by atoms with Crippen molar-refractivity contribution in [2.45, 2.75) is 37.5 Å². The zero-order valence-electron chi connectivity index (χ0n) is 10.1. The molecule has 0 aromatic carbocycles. The van der Waals surface area contributed by atoms with Crippen molar-refractivity contribution >= 4 is 42.4 Å². The van der Waals surface area contributed by atoms with Crippen molar-refractivity contribution < 1.29 is 0 Å². The Kier molecular flexibility index (Phi) is 2.80. The van der Waals surface area contributed by atoms with E-state index in [1.807, 2.05) is 31.4 Å². The molecular weight excluding hydrogens is 268 g/mol. The molecule has 0 saturated heterocycles. The molecule has 2 nitrogen and oxygen atoms in total. The van der Waals surface area contributed by atoms with Crippen molar-refractivity contribution in [2.24, 2.45) is 0 Å². The zero-order chi connectivity index (χ0) is 12.2. The molecule has 0 amide bonds. The fraction of sp³-hybridized carbons (Fsp3) is 0.333.